The number of carbonyl (C=O) groups excluding carboxylic acids is 2. The average Bonchev–Trinajstić information content (AvgIpc) is 2.92. The lowest BCUT2D eigenvalue weighted by Gasteiger charge is -2.32. The number of carbonyl (C=O) groups is 3. The number of nitrogens with zero attached hydrogens (tertiary/aromatic N) is 1. The molecule has 3 N–H and O–H groups in total. The van der Waals surface area contributed by atoms with Gasteiger partial charge in [0.05, 0.1) is 10.8 Å². The number of aliphatic carboxylic acids is 1. The van der Waals surface area contributed by atoms with Gasteiger partial charge in [-0.05, 0) is 61.2 Å². The highest BCUT2D eigenvalue weighted by molar-refractivity contribution is 7.92. The summed E-state index contributed by atoms with van der Waals surface area (Å²) in [6.45, 7) is 7.03. The molecule has 2 aromatic carbocycles. The third-order valence-corrected chi connectivity index (χ3v) is 7.30. The number of sulfonamides is 1. The normalized spacial score (nSPS) is 15.3. The minimum absolute atomic E-state index is 0.0696. The molecule has 1 aliphatic heterocycles. The third-order valence-electron chi connectivity index (χ3n) is 5.90. The summed E-state index contributed by atoms with van der Waals surface area (Å²) >= 11 is 0. The van der Waals surface area contributed by atoms with Crippen LogP contribution in [0.5, 0.6) is 0 Å². The first kappa shape index (κ1) is 32.3. The number of carboxylic acid groups (broad SMARTS) is 1. The van der Waals surface area contributed by atoms with Gasteiger partial charge in [-0.3, -0.25) is 14.3 Å². The van der Waals surface area contributed by atoms with Crippen LogP contribution in [0, 0.1) is 5.92 Å². The summed E-state index contributed by atoms with van der Waals surface area (Å²) in [6, 6.07) is 13.2. The van der Waals surface area contributed by atoms with Crippen molar-refractivity contribution in [2.45, 2.75) is 43.7 Å². The number of hydrogen-bond acceptors (Lipinski definition) is 5. The highest BCUT2D eigenvalue weighted by atomic mass is 32.2. The molecule has 218 valence electrons. The van der Waals surface area contributed by atoms with Gasteiger partial charge < -0.3 is 15.3 Å². The number of amides is 2. The van der Waals surface area contributed by atoms with Gasteiger partial charge in [0.25, 0.3) is 15.9 Å². The molecule has 1 aliphatic rings. The molecule has 1 atom stereocenters. The van der Waals surface area contributed by atoms with Gasteiger partial charge in [-0.25, -0.2) is 13.2 Å². The minimum Gasteiger partial charge on any atom is -0.475 e. The van der Waals surface area contributed by atoms with Crippen molar-refractivity contribution in [1.29, 1.82) is 0 Å². The van der Waals surface area contributed by atoms with E-state index in [4.69, 9.17) is 9.90 Å². The predicted octanol–water partition coefficient (Wildman–Crippen LogP) is 4.23. The summed E-state index contributed by atoms with van der Waals surface area (Å²) in [5.74, 6) is -3.23. The third kappa shape index (κ3) is 9.70. The Bertz CT molecular complexity index is 1280. The molecule has 13 heteroatoms. The van der Waals surface area contributed by atoms with Gasteiger partial charge >= 0.3 is 12.1 Å². The van der Waals surface area contributed by atoms with Crippen molar-refractivity contribution >= 4 is 33.5 Å². The molecule has 0 aliphatic carbocycles. The lowest BCUT2D eigenvalue weighted by Crippen LogP contribution is -2.45. The lowest BCUT2D eigenvalue weighted by molar-refractivity contribution is -0.192. The maximum absolute atomic E-state index is 12.9. The Kier molecular flexibility index (Phi) is 11.7. The number of likely N-dealkylation sites (tertiary alicyclic amines) is 1. The van der Waals surface area contributed by atoms with Gasteiger partial charge in [0, 0.05) is 30.9 Å². The molecule has 1 fully saturated rings. The molecule has 0 aromatic heterocycles. The number of piperidine rings is 1. The standard InChI is InChI=1S/C25H31N3O4S.C2HF3O2/c1-3-6-19-8-14-23(15-9-19)33(31,32)27-22-12-10-20(11-13-22)25(30)28-17-5-7-21(18-28)24(29)26-16-4-2;3-2(4,5)1(6)7/h4,8-15,21,27H,2-3,5-7,16-18H2,1H3,(H,26,29);(H,6,7). The highest BCUT2D eigenvalue weighted by Gasteiger charge is 2.38. The van der Waals surface area contributed by atoms with Gasteiger partial charge in [0.1, 0.15) is 0 Å². The first-order chi connectivity index (χ1) is 18.8. The van der Waals surface area contributed by atoms with Gasteiger partial charge in [0.15, 0.2) is 0 Å². The SMILES string of the molecule is C=CCNC(=O)C1CCCN(C(=O)c2ccc(NS(=O)(=O)c3ccc(CCC)cc3)cc2)C1.O=C(O)C(F)(F)F. The summed E-state index contributed by atoms with van der Waals surface area (Å²) in [5, 5.41) is 9.92. The van der Waals surface area contributed by atoms with Crippen LogP contribution in [0.25, 0.3) is 0 Å². The van der Waals surface area contributed by atoms with Crippen molar-refractivity contribution < 1.29 is 41.1 Å². The number of alkyl halides is 3. The lowest BCUT2D eigenvalue weighted by atomic mass is 9.96. The van der Waals surface area contributed by atoms with E-state index in [1.807, 2.05) is 12.1 Å². The maximum atomic E-state index is 12.9. The molecule has 40 heavy (non-hydrogen) atoms. The summed E-state index contributed by atoms with van der Waals surface area (Å²) in [7, 11) is -3.72. The topological polar surface area (TPSA) is 133 Å². The van der Waals surface area contributed by atoms with Crippen molar-refractivity contribution in [3.8, 4) is 0 Å². The van der Waals surface area contributed by atoms with Crippen LogP contribution in [0.1, 0.15) is 42.1 Å². The number of halogens is 3. The van der Waals surface area contributed by atoms with E-state index in [1.54, 1.807) is 47.4 Å². The van der Waals surface area contributed by atoms with Gasteiger partial charge in [0.2, 0.25) is 5.91 Å². The number of anilines is 1. The van der Waals surface area contributed by atoms with Crippen LogP contribution in [0.2, 0.25) is 0 Å². The van der Waals surface area contributed by atoms with Crippen LogP contribution in [0.15, 0.2) is 66.1 Å². The molecule has 0 saturated carbocycles. The van der Waals surface area contributed by atoms with Crippen molar-refractivity contribution in [2.75, 3.05) is 24.4 Å². The van der Waals surface area contributed by atoms with Crippen LogP contribution in [0.3, 0.4) is 0 Å². The first-order valence-corrected chi connectivity index (χ1v) is 14.0. The fourth-order valence-electron chi connectivity index (χ4n) is 3.89. The van der Waals surface area contributed by atoms with Crippen molar-refractivity contribution in [2.24, 2.45) is 5.92 Å². The molecule has 1 unspecified atom stereocenters. The van der Waals surface area contributed by atoms with Crippen LogP contribution in [0.4, 0.5) is 18.9 Å². The largest absolute Gasteiger partial charge is 0.490 e. The summed E-state index contributed by atoms with van der Waals surface area (Å²) in [6.07, 6.45) is -0.0583. The minimum atomic E-state index is -5.08. The van der Waals surface area contributed by atoms with E-state index in [-0.39, 0.29) is 22.6 Å². The number of hydrogen-bond donors (Lipinski definition) is 3. The average molecular weight is 584 g/mol. The molecule has 3 rings (SSSR count). The predicted molar refractivity (Wildman–Crippen MR) is 143 cm³/mol. The molecule has 1 heterocycles. The molecule has 1 saturated heterocycles. The second-order valence-corrected chi connectivity index (χ2v) is 10.7. The number of benzene rings is 2. The van der Waals surface area contributed by atoms with Gasteiger partial charge in [-0.2, -0.15) is 13.2 Å². The zero-order chi connectivity index (χ0) is 29.9. The Morgan fingerprint density at radius 3 is 2.23 bits per heavy atom. The number of carboxylic acids is 1. The molecule has 9 nitrogen and oxygen atoms in total. The highest BCUT2D eigenvalue weighted by Crippen LogP contribution is 2.21. The molecule has 2 amide bonds. The zero-order valence-corrected chi connectivity index (χ0v) is 22.7. The van der Waals surface area contributed by atoms with Crippen LogP contribution < -0.4 is 10.0 Å². The first-order valence-electron chi connectivity index (χ1n) is 12.5. The van der Waals surface area contributed by atoms with E-state index < -0.39 is 22.2 Å². The molecule has 0 spiro atoms. The van der Waals surface area contributed by atoms with Crippen molar-refractivity contribution in [3.05, 3.63) is 72.3 Å². The van der Waals surface area contributed by atoms with Crippen molar-refractivity contribution in [1.82, 2.24) is 10.2 Å². The van der Waals surface area contributed by atoms with E-state index in [9.17, 15) is 31.2 Å². The van der Waals surface area contributed by atoms with Crippen LogP contribution in [-0.2, 0) is 26.0 Å². The second kappa shape index (κ2) is 14.5. The molecule has 0 radical (unpaired) electrons. The number of rotatable bonds is 9. The summed E-state index contributed by atoms with van der Waals surface area (Å²) in [5.41, 5.74) is 1.93. The van der Waals surface area contributed by atoms with Gasteiger partial charge in [-0.1, -0.05) is 31.6 Å². The second-order valence-electron chi connectivity index (χ2n) is 9.00. The Morgan fingerprint density at radius 2 is 1.70 bits per heavy atom. The van der Waals surface area contributed by atoms with E-state index in [0.717, 1.165) is 31.2 Å². The van der Waals surface area contributed by atoms with Crippen molar-refractivity contribution in [3.63, 3.8) is 0 Å². The van der Waals surface area contributed by atoms with Crippen LogP contribution in [-0.4, -0.2) is 62.0 Å². The molecular formula is C27H32F3N3O6S. The monoisotopic (exact) mass is 583 g/mol. The summed E-state index contributed by atoms with van der Waals surface area (Å²) in [4.78, 5) is 35.9. The van der Waals surface area contributed by atoms with E-state index in [1.165, 1.54) is 0 Å². The van der Waals surface area contributed by atoms with E-state index in [2.05, 4.69) is 23.5 Å². The summed E-state index contributed by atoms with van der Waals surface area (Å²) < 4.78 is 59.7. The van der Waals surface area contributed by atoms with Crippen LogP contribution >= 0.6 is 0 Å². The Hall–Kier alpha value is -3.87. The Labute approximate surface area is 231 Å². The zero-order valence-electron chi connectivity index (χ0n) is 21.9. The number of nitrogens with one attached hydrogen (secondary N) is 2. The number of aryl methyl sites for hydroxylation is 1. The maximum Gasteiger partial charge on any atom is 0.490 e. The Balaban J connectivity index is 0.000000708. The fraction of sp³-hybridized carbons (Fsp3) is 0.370. The van der Waals surface area contributed by atoms with E-state index in [0.29, 0.717) is 30.9 Å². The van der Waals surface area contributed by atoms with E-state index >= 15 is 0 Å². The quantitative estimate of drug-likeness (QED) is 0.379. The molecule has 0 bridgehead atoms. The molecular weight excluding hydrogens is 551 g/mol. The molecule has 2 aromatic rings. The van der Waals surface area contributed by atoms with Gasteiger partial charge in [-0.15, -0.1) is 6.58 Å². The fourth-order valence-corrected chi connectivity index (χ4v) is 4.95. The Morgan fingerprint density at radius 1 is 1.10 bits per heavy atom. The smallest absolute Gasteiger partial charge is 0.475 e.